The number of amides is 3. The van der Waals surface area contributed by atoms with Crippen molar-refractivity contribution in [3.05, 3.63) is 35.4 Å². The van der Waals surface area contributed by atoms with Gasteiger partial charge in [0.25, 0.3) is 11.8 Å². The van der Waals surface area contributed by atoms with Crippen LogP contribution in [-0.2, 0) is 9.53 Å². The molecule has 0 aliphatic carbocycles. The van der Waals surface area contributed by atoms with Crippen LogP contribution in [0.1, 0.15) is 27.1 Å². The van der Waals surface area contributed by atoms with Gasteiger partial charge in [-0.1, -0.05) is 12.1 Å². The molecule has 3 N–H and O–H groups in total. The zero-order chi connectivity index (χ0) is 16.1. The fraction of sp³-hybridized carbons (Fsp3) is 0.400. The fourth-order valence-corrected chi connectivity index (χ4v) is 2.29. The van der Waals surface area contributed by atoms with Gasteiger partial charge in [-0.15, -0.1) is 12.4 Å². The van der Waals surface area contributed by atoms with Crippen molar-refractivity contribution in [2.45, 2.75) is 12.5 Å². The smallest absolute Gasteiger partial charge is 0.261 e. The maximum Gasteiger partial charge on any atom is 0.261 e. The first kappa shape index (κ1) is 19.1. The summed E-state index contributed by atoms with van der Waals surface area (Å²) in [6, 6.07) is 6.68. The molecule has 7 nitrogen and oxygen atoms in total. The van der Waals surface area contributed by atoms with Crippen LogP contribution in [0.15, 0.2) is 24.3 Å². The molecule has 0 fully saturated rings. The van der Waals surface area contributed by atoms with Crippen LogP contribution < -0.4 is 11.1 Å². The summed E-state index contributed by atoms with van der Waals surface area (Å²) in [6.07, 6.45) is -0.186. The molecule has 1 aliphatic heterocycles. The van der Waals surface area contributed by atoms with Gasteiger partial charge in [0.15, 0.2) is 0 Å². The zero-order valence-electron chi connectivity index (χ0n) is 12.8. The first-order valence-corrected chi connectivity index (χ1v) is 7.03. The minimum Gasteiger partial charge on any atom is -0.380 e. The molecule has 0 spiro atoms. The Morgan fingerprint density at radius 2 is 1.83 bits per heavy atom. The molecule has 1 atom stereocenters. The summed E-state index contributed by atoms with van der Waals surface area (Å²) < 4.78 is 5.02. The Balaban J connectivity index is 0.00000264. The van der Waals surface area contributed by atoms with Gasteiger partial charge in [0.05, 0.1) is 23.7 Å². The summed E-state index contributed by atoms with van der Waals surface area (Å²) in [6.45, 7) is 0.589. The van der Waals surface area contributed by atoms with Crippen molar-refractivity contribution in [2.75, 3.05) is 26.7 Å². The Hall–Kier alpha value is -1.96. The van der Waals surface area contributed by atoms with E-state index in [0.717, 1.165) is 4.90 Å². The van der Waals surface area contributed by atoms with E-state index in [1.807, 2.05) is 0 Å². The molecule has 1 aliphatic rings. The Bertz CT molecular complexity index is 555. The monoisotopic (exact) mass is 341 g/mol. The molecule has 126 valence electrons. The van der Waals surface area contributed by atoms with Gasteiger partial charge >= 0.3 is 0 Å². The summed E-state index contributed by atoms with van der Waals surface area (Å²) in [4.78, 5) is 37.1. The molecule has 2 rings (SSSR count). The molecular formula is C15H20ClN3O4. The highest BCUT2D eigenvalue weighted by Crippen LogP contribution is 2.21. The molecule has 0 radical (unpaired) electrons. The van der Waals surface area contributed by atoms with Crippen LogP contribution in [0.5, 0.6) is 0 Å². The number of hydrogen-bond acceptors (Lipinski definition) is 5. The van der Waals surface area contributed by atoms with Crippen LogP contribution >= 0.6 is 12.4 Å². The van der Waals surface area contributed by atoms with Crippen molar-refractivity contribution in [3.63, 3.8) is 0 Å². The van der Waals surface area contributed by atoms with Crippen molar-refractivity contribution in [3.8, 4) is 0 Å². The number of ether oxygens (including phenoxy) is 1. The molecular weight excluding hydrogens is 322 g/mol. The lowest BCUT2D eigenvalue weighted by Crippen LogP contribution is -2.39. The predicted octanol–water partition coefficient (Wildman–Crippen LogP) is 0.184. The molecule has 23 heavy (non-hydrogen) atoms. The number of fused-ring (bicyclic) bond motifs is 1. The van der Waals surface area contributed by atoms with Gasteiger partial charge in [0.1, 0.15) is 0 Å². The standard InChI is InChI=1S/C15H19N3O4.ClH/c1-22-10(9-16)8-13(19)17-6-7-18-14(20)11-4-2-3-5-12(11)15(18)21;/h2-5,10H,6-9,16H2,1H3,(H,17,19);1H. The minimum atomic E-state index is -0.334. The maximum absolute atomic E-state index is 12.1. The molecule has 1 unspecified atom stereocenters. The number of nitrogens with zero attached hydrogens (tertiary/aromatic N) is 1. The number of methoxy groups -OCH3 is 1. The lowest BCUT2D eigenvalue weighted by atomic mass is 10.1. The SMILES string of the molecule is COC(CN)CC(=O)NCCN1C(=O)c2ccccc2C1=O.Cl. The summed E-state index contributed by atoms with van der Waals surface area (Å²) in [5, 5.41) is 2.66. The topological polar surface area (TPSA) is 102 Å². The van der Waals surface area contributed by atoms with Gasteiger partial charge in [-0.05, 0) is 12.1 Å². The molecule has 1 aromatic rings. The molecule has 3 amide bonds. The number of benzene rings is 1. The van der Waals surface area contributed by atoms with Crippen molar-refractivity contribution in [2.24, 2.45) is 5.73 Å². The van der Waals surface area contributed by atoms with Crippen LogP contribution in [0, 0.1) is 0 Å². The van der Waals surface area contributed by atoms with E-state index in [2.05, 4.69) is 5.32 Å². The largest absolute Gasteiger partial charge is 0.380 e. The number of nitrogens with two attached hydrogens (primary N) is 1. The molecule has 0 aromatic heterocycles. The third kappa shape index (κ3) is 4.28. The van der Waals surface area contributed by atoms with E-state index < -0.39 is 0 Å². The van der Waals surface area contributed by atoms with Gasteiger partial charge in [0, 0.05) is 26.7 Å². The van der Waals surface area contributed by atoms with Gasteiger partial charge in [0.2, 0.25) is 5.91 Å². The number of imide groups is 1. The number of hydrogen-bond donors (Lipinski definition) is 2. The normalized spacial score (nSPS) is 14.3. The van der Waals surface area contributed by atoms with Gasteiger partial charge in [-0.25, -0.2) is 0 Å². The van der Waals surface area contributed by atoms with Crippen LogP contribution in [0.2, 0.25) is 0 Å². The van der Waals surface area contributed by atoms with E-state index >= 15 is 0 Å². The summed E-state index contributed by atoms with van der Waals surface area (Å²) in [5.41, 5.74) is 6.25. The summed E-state index contributed by atoms with van der Waals surface area (Å²) in [7, 11) is 1.49. The van der Waals surface area contributed by atoms with Crippen molar-refractivity contribution in [1.29, 1.82) is 0 Å². The van der Waals surface area contributed by atoms with E-state index in [-0.39, 0.29) is 62.3 Å². The lowest BCUT2D eigenvalue weighted by molar-refractivity contribution is -0.123. The highest BCUT2D eigenvalue weighted by Gasteiger charge is 2.34. The first-order chi connectivity index (χ1) is 10.6. The van der Waals surface area contributed by atoms with Crippen LogP contribution in [0.25, 0.3) is 0 Å². The van der Waals surface area contributed by atoms with Crippen LogP contribution in [0.3, 0.4) is 0 Å². The number of rotatable bonds is 7. The van der Waals surface area contributed by atoms with Crippen molar-refractivity contribution in [1.82, 2.24) is 10.2 Å². The molecule has 0 saturated heterocycles. The Morgan fingerprint density at radius 3 is 2.30 bits per heavy atom. The van der Waals surface area contributed by atoms with Crippen LogP contribution in [0.4, 0.5) is 0 Å². The lowest BCUT2D eigenvalue weighted by Gasteiger charge is -2.16. The number of nitrogens with one attached hydrogen (secondary N) is 1. The molecule has 0 bridgehead atoms. The second-order valence-electron chi connectivity index (χ2n) is 4.96. The maximum atomic E-state index is 12.1. The Kier molecular flexibility index (Phi) is 7.15. The van der Waals surface area contributed by atoms with Gasteiger partial charge in [-0.2, -0.15) is 0 Å². The van der Waals surface area contributed by atoms with E-state index in [9.17, 15) is 14.4 Å². The van der Waals surface area contributed by atoms with Crippen LogP contribution in [-0.4, -0.2) is 55.5 Å². The molecule has 1 aromatic carbocycles. The number of halogens is 1. The first-order valence-electron chi connectivity index (χ1n) is 7.03. The highest BCUT2D eigenvalue weighted by molar-refractivity contribution is 6.21. The third-order valence-corrected chi connectivity index (χ3v) is 3.55. The average Bonchev–Trinajstić information content (AvgIpc) is 2.78. The van der Waals surface area contributed by atoms with Gasteiger partial charge in [-0.3, -0.25) is 19.3 Å². The third-order valence-electron chi connectivity index (χ3n) is 3.55. The second-order valence-corrected chi connectivity index (χ2v) is 4.96. The van der Waals surface area contributed by atoms with E-state index in [0.29, 0.717) is 11.1 Å². The Labute approximate surface area is 140 Å². The van der Waals surface area contributed by atoms with E-state index in [1.54, 1.807) is 24.3 Å². The Morgan fingerprint density at radius 1 is 1.26 bits per heavy atom. The number of carbonyl (C=O) groups excluding carboxylic acids is 3. The zero-order valence-corrected chi connectivity index (χ0v) is 13.6. The van der Waals surface area contributed by atoms with Gasteiger partial charge < -0.3 is 15.8 Å². The molecule has 8 heteroatoms. The average molecular weight is 342 g/mol. The summed E-state index contributed by atoms with van der Waals surface area (Å²) in [5.74, 6) is -0.882. The van der Waals surface area contributed by atoms with E-state index in [1.165, 1.54) is 7.11 Å². The van der Waals surface area contributed by atoms with Crippen molar-refractivity contribution >= 4 is 30.1 Å². The quantitative estimate of drug-likeness (QED) is 0.689. The fourth-order valence-electron chi connectivity index (χ4n) is 2.29. The minimum absolute atomic E-state index is 0. The number of carbonyl (C=O) groups is 3. The van der Waals surface area contributed by atoms with Crippen molar-refractivity contribution < 1.29 is 19.1 Å². The highest BCUT2D eigenvalue weighted by atomic mass is 35.5. The second kappa shape index (κ2) is 8.61. The molecule has 0 saturated carbocycles. The summed E-state index contributed by atoms with van der Waals surface area (Å²) >= 11 is 0. The van der Waals surface area contributed by atoms with E-state index in [4.69, 9.17) is 10.5 Å². The predicted molar refractivity (Wildman–Crippen MR) is 86.5 cm³/mol. The molecule has 1 heterocycles.